The van der Waals surface area contributed by atoms with Gasteiger partial charge in [-0.1, -0.05) is 6.07 Å². The molecule has 1 heterocycles. The molecule has 21 heavy (non-hydrogen) atoms. The molecule has 0 aromatic heterocycles. The molecule has 2 rings (SSSR count). The summed E-state index contributed by atoms with van der Waals surface area (Å²) < 4.78 is 0. The smallest absolute Gasteiger partial charge is 0.254 e. The van der Waals surface area contributed by atoms with Crippen molar-refractivity contribution >= 4 is 17.5 Å². The minimum absolute atomic E-state index is 0.0247. The zero-order valence-electron chi connectivity index (χ0n) is 12.7. The van der Waals surface area contributed by atoms with Gasteiger partial charge in [-0.05, 0) is 49.8 Å². The van der Waals surface area contributed by atoms with E-state index in [-0.39, 0.29) is 11.8 Å². The molecule has 1 aromatic rings. The van der Waals surface area contributed by atoms with Crippen LogP contribution in [0, 0.1) is 19.8 Å². The lowest BCUT2D eigenvalue weighted by atomic mass is 9.92. The number of nitrogens with two attached hydrogens (primary N) is 2. The van der Waals surface area contributed by atoms with E-state index in [1.165, 1.54) is 0 Å². The summed E-state index contributed by atoms with van der Waals surface area (Å²) in [6.45, 7) is 5.21. The molecule has 2 amide bonds. The predicted molar refractivity (Wildman–Crippen MR) is 82.8 cm³/mol. The number of hydrogen-bond acceptors (Lipinski definition) is 3. The van der Waals surface area contributed by atoms with E-state index in [0.29, 0.717) is 36.7 Å². The first-order chi connectivity index (χ1) is 9.88. The summed E-state index contributed by atoms with van der Waals surface area (Å²) in [5.74, 6) is 0.0642. The highest BCUT2D eigenvalue weighted by Gasteiger charge is 2.25. The number of benzene rings is 1. The number of rotatable bonds is 3. The Labute approximate surface area is 125 Å². The number of nitrogen functional groups attached to an aromatic ring is 1. The maximum Gasteiger partial charge on any atom is 0.254 e. The number of hydrogen-bond donors (Lipinski definition) is 2. The van der Waals surface area contributed by atoms with Crippen LogP contribution in [-0.4, -0.2) is 29.8 Å². The first kappa shape index (κ1) is 15.4. The van der Waals surface area contributed by atoms with Crippen LogP contribution in [0.3, 0.4) is 0 Å². The van der Waals surface area contributed by atoms with Crippen LogP contribution in [0.5, 0.6) is 0 Å². The Morgan fingerprint density at radius 2 is 1.81 bits per heavy atom. The molecule has 1 fully saturated rings. The maximum atomic E-state index is 12.6. The van der Waals surface area contributed by atoms with Gasteiger partial charge in [0, 0.05) is 30.8 Å². The Kier molecular flexibility index (Phi) is 4.50. The second-order valence-corrected chi connectivity index (χ2v) is 5.93. The van der Waals surface area contributed by atoms with Crippen LogP contribution in [-0.2, 0) is 4.79 Å². The van der Waals surface area contributed by atoms with Crippen molar-refractivity contribution in [3.05, 3.63) is 28.8 Å². The highest BCUT2D eigenvalue weighted by Crippen LogP contribution is 2.24. The van der Waals surface area contributed by atoms with Crippen LogP contribution < -0.4 is 11.5 Å². The van der Waals surface area contributed by atoms with Gasteiger partial charge < -0.3 is 16.4 Å². The number of likely N-dealkylation sites (tertiary alicyclic amines) is 1. The minimum atomic E-state index is -0.262. The molecule has 0 radical (unpaired) electrons. The third kappa shape index (κ3) is 3.54. The van der Waals surface area contributed by atoms with Crippen molar-refractivity contribution in [3.8, 4) is 0 Å². The summed E-state index contributed by atoms with van der Waals surface area (Å²) in [6.07, 6.45) is 2.07. The summed E-state index contributed by atoms with van der Waals surface area (Å²) in [7, 11) is 0. The molecule has 1 saturated heterocycles. The van der Waals surface area contributed by atoms with E-state index in [2.05, 4.69) is 0 Å². The quantitative estimate of drug-likeness (QED) is 0.828. The number of amides is 2. The lowest BCUT2D eigenvalue weighted by molar-refractivity contribution is -0.119. The van der Waals surface area contributed by atoms with Crippen molar-refractivity contribution in [2.75, 3.05) is 18.8 Å². The Morgan fingerprint density at radius 3 is 2.38 bits per heavy atom. The zero-order valence-corrected chi connectivity index (χ0v) is 12.7. The molecule has 1 aliphatic rings. The first-order valence-corrected chi connectivity index (χ1v) is 7.32. The normalized spacial score (nSPS) is 16.0. The van der Waals surface area contributed by atoms with Crippen LogP contribution in [0.1, 0.15) is 40.7 Å². The molecule has 4 N–H and O–H groups in total. The third-order valence-corrected chi connectivity index (χ3v) is 4.24. The summed E-state index contributed by atoms with van der Waals surface area (Å²) in [5, 5.41) is 0. The van der Waals surface area contributed by atoms with Gasteiger partial charge >= 0.3 is 0 Å². The maximum absolute atomic E-state index is 12.6. The van der Waals surface area contributed by atoms with E-state index in [0.717, 1.165) is 24.0 Å². The summed E-state index contributed by atoms with van der Waals surface area (Å²) in [6, 6.07) is 3.71. The van der Waals surface area contributed by atoms with Crippen LogP contribution in [0.15, 0.2) is 12.1 Å². The minimum Gasteiger partial charge on any atom is -0.398 e. The lowest BCUT2D eigenvalue weighted by Gasteiger charge is -2.32. The summed E-state index contributed by atoms with van der Waals surface area (Å²) in [4.78, 5) is 25.4. The highest BCUT2D eigenvalue weighted by atomic mass is 16.2. The van der Waals surface area contributed by atoms with Gasteiger partial charge in [0.1, 0.15) is 0 Å². The number of primary amides is 1. The predicted octanol–water partition coefficient (Wildman–Crippen LogP) is 1.61. The second-order valence-electron chi connectivity index (χ2n) is 5.93. The van der Waals surface area contributed by atoms with E-state index in [1.54, 1.807) is 6.07 Å². The second kappa shape index (κ2) is 6.16. The van der Waals surface area contributed by atoms with Crippen LogP contribution in [0.25, 0.3) is 0 Å². The van der Waals surface area contributed by atoms with Gasteiger partial charge in [-0.3, -0.25) is 9.59 Å². The molecular weight excluding hydrogens is 266 g/mol. The van der Waals surface area contributed by atoms with Gasteiger partial charge in [-0.15, -0.1) is 0 Å². The molecule has 5 nitrogen and oxygen atoms in total. The monoisotopic (exact) mass is 289 g/mol. The van der Waals surface area contributed by atoms with Crippen molar-refractivity contribution in [3.63, 3.8) is 0 Å². The number of anilines is 1. The fraction of sp³-hybridized carbons (Fsp3) is 0.500. The highest BCUT2D eigenvalue weighted by molar-refractivity contribution is 5.96. The van der Waals surface area contributed by atoms with E-state index in [4.69, 9.17) is 11.5 Å². The molecule has 0 aliphatic carbocycles. The number of nitrogens with zero attached hydrogens (tertiary/aromatic N) is 1. The first-order valence-electron chi connectivity index (χ1n) is 7.32. The largest absolute Gasteiger partial charge is 0.398 e. The van der Waals surface area contributed by atoms with E-state index >= 15 is 0 Å². The van der Waals surface area contributed by atoms with Crippen LogP contribution in [0.4, 0.5) is 5.69 Å². The molecule has 0 saturated carbocycles. The molecule has 114 valence electrons. The lowest BCUT2D eigenvalue weighted by Crippen LogP contribution is -2.39. The van der Waals surface area contributed by atoms with Crippen molar-refractivity contribution in [1.82, 2.24) is 4.90 Å². The summed E-state index contributed by atoms with van der Waals surface area (Å²) >= 11 is 0. The molecule has 0 atom stereocenters. The molecule has 1 aliphatic heterocycles. The van der Waals surface area contributed by atoms with Crippen molar-refractivity contribution in [2.45, 2.75) is 33.1 Å². The average Bonchev–Trinajstić information content (AvgIpc) is 2.42. The molecular formula is C16H23N3O2. The zero-order chi connectivity index (χ0) is 15.6. The molecule has 0 bridgehead atoms. The van der Waals surface area contributed by atoms with Crippen LogP contribution >= 0.6 is 0 Å². The fourth-order valence-corrected chi connectivity index (χ4v) is 2.89. The number of carbonyl (C=O) groups is 2. The topological polar surface area (TPSA) is 89.4 Å². The number of piperidine rings is 1. The van der Waals surface area contributed by atoms with Gasteiger partial charge in [0.15, 0.2) is 0 Å². The molecule has 0 unspecified atom stereocenters. The van der Waals surface area contributed by atoms with Crippen molar-refractivity contribution < 1.29 is 9.59 Å². The SMILES string of the molecule is Cc1cc(C)c(C(=O)N2CCC(CC(N)=O)CC2)cc1N. The fourth-order valence-electron chi connectivity index (χ4n) is 2.89. The molecule has 5 heteroatoms. The average molecular weight is 289 g/mol. The third-order valence-electron chi connectivity index (χ3n) is 4.24. The Morgan fingerprint density at radius 1 is 1.19 bits per heavy atom. The van der Waals surface area contributed by atoms with Gasteiger partial charge in [0.2, 0.25) is 5.91 Å². The summed E-state index contributed by atoms with van der Waals surface area (Å²) in [5.41, 5.74) is 14.4. The Hall–Kier alpha value is -2.04. The van der Waals surface area contributed by atoms with Gasteiger partial charge in [0.05, 0.1) is 0 Å². The number of aryl methyl sites for hydroxylation is 2. The molecule has 0 spiro atoms. The van der Waals surface area contributed by atoms with Gasteiger partial charge in [0.25, 0.3) is 5.91 Å². The Balaban J connectivity index is 2.05. The van der Waals surface area contributed by atoms with Gasteiger partial charge in [-0.2, -0.15) is 0 Å². The van der Waals surface area contributed by atoms with E-state index < -0.39 is 0 Å². The van der Waals surface area contributed by atoms with Crippen molar-refractivity contribution in [2.24, 2.45) is 11.7 Å². The van der Waals surface area contributed by atoms with Crippen molar-refractivity contribution in [1.29, 1.82) is 0 Å². The standard InChI is InChI=1S/C16H23N3O2/c1-10-7-11(2)14(17)9-13(10)16(21)19-5-3-12(4-6-19)8-15(18)20/h7,9,12H,3-6,8,17H2,1-2H3,(H2,18,20). The number of carbonyl (C=O) groups excluding carboxylic acids is 2. The van der Waals surface area contributed by atoms with E-state index in [9.17, 15) is 9.59 Å². The van der Waals surface area contributed by atoms with Gasteiger partial charge in [-0.25, -0.2) is 0 Å². The Bertz CT molecular complexity index is 561. The van der Waals surface area contributed by atoms with Crippen LogP contribution in [0.2, 0.25) is 0 Å². The molecule has 1 aromatic carbocycles. The van der Waals surface area contributed by atoms with E-state index in [1.807, 2.05) is 24.8 Å².